The van der Waals surface area contributed by atoms with Crippen LogP contribution in [0.1, 0.15) is 5.69 Å². The summed E-state index contributed by atoms with van der Waals surface area (Å²) in [5, 5.41) is 15.4. The molecule has 0 unspecified atom stereocenters. The van der Waals surface area contributed by atoms with Crippen molar-refractivity contribution < 1.29 is 9.50 Å². The zero-order valence-corrected chi connectivity index (χ0v) is 7.68. The fourth-order valence-electron chi connectivity index (χ4n) is 1.05. The van der Waals surface area contributed by atoms with E-state index in [1.54, 1.807) is 12.1 Å². The van der Waals surface area contributed by atoms with Crippen molar-refractivity contribution in [3.63, 3.8) is 0 Å². The third kappa shape index (κ3) is 2.19. The molecule has 1 aromatic carbocycles. The Bertz CT molecular complexity index is 476. The van der Waals surface area contributed by atoms with Crippen molar-refractivity contribution in [2.24, 2.45) is 4.99 Å². The number of hydrogen-bond donors (Lipinski definition) is 2. The number of halogens is 1. The molecule has 0 aliphatic rings. The SMILES string of the molecule is Oc1cn[nH]c1C=Nc1ccc(F)cc1. The molecule has 0 atom stereocenters. The standard InChI is InChI=1S/C10H8FN3O/c11-7-1-3-8(4-2-7)12-5-9-10(15)6-13-14-9/h1-6,15H,(H,13,14). The highest BCUT2D eigenvalue weighted by Crippen LogP contribution is 2.14. The number of hydrogen-bond acceptors (Lipinski definition) is 3. The largest absolute Gasteiger partial charge is 0.504 e. The molecule has 0 aliphatic carbocycles. The lowest BCUT2D eigenvalue weighted by Gasteiger charge is -1.92. The van der Waals surface area contributed by atoms with E-state index in [-0.39, 0.29) is 11.6 Å². The zero-order valence-electron chi connectivity index (χ0n) is 7.68. The molecule has 1 aromatic heterocycles. The van der Waals surface area contributed by atoms with E-state index in [2.05, 4.69) is 15.2 Å². The number of nitrogens with zero attached hydrogens (tertiary/aromatic N) is 2. The van der Waals surface area contributed by atoms with Crippen LogP contribution in [0, 0.1) is 5.82 Å². The van der Waals surface area contributed by atoms with E-state index in [4.69, 9.17) is 0 Å². The average molecular weight is 205 g/mol. The van der Waals surface area contributed by atoms with Gasteiger partial charge in [-0.2, -0.15) is 5.10 Å². The smallest absolute Gasteiger partial charge is 0.162 e. The number of aromatic hydroxyl groups is 1. The van der Waals surface area contributed by atoms with Crippen LogP contribution in [0.15, 0.2) is 35.5 Å². The summed E-state index contributed by atoms with van der Waals surface area (Å²) in [6.45, 7) is 0. The predicted molar refractivity (Wildman–Crippen MR) is 53.9 cm³/mol. The van der Waals surface area contributed by atoms with Crippen molar-refractivity contribution in [3.8, 4) is 5.75 Å². The van der Waals surface area contributed by atoms with Crippen LogP contribution in [0.2, 0.25) is 0 Å². The molecule has 0 bridgehead atoms. The molecule has 0 fully saturated rings. The molecule has 76 valence electrons. The molecule has 5 heteroatoms. The van der Waals surface area contributed by atoms with Gasteiger partial charge < -0.3 is 5.11 Å². The lowest BCUT2D eigenvalue weighted by molar-refractivity contribution is 0.475. The first kappa shape index (κ1) is 9.39. The van der Waals surface area contributed by atoms with E-state index in [0.717, 1.165) is 0 Å². The van der Waals surface area contributed by atoms with Crippen molar-refractivity contribution in [3.05, 3.63) is 42.0 Å². The monoisotopic (exact) mass is 205 g/mol. The van der Waals surface area contributed by atoms with Crippen LogP contribution >= 0.6 is 0 Å². The summed E-state index contributed by atoms with van der Waals surface area (Å²) in [5.74, 6) is -0.279. The molecule has 0 amide bonds. The summed E-state index contributed by atoms with van der Waals surface area (Å²) < 4.78 is 12.6. The third-order valence-electron chi connectivity index (χ3n) is 1.82. The first-order chi connectivity index (χ1) is 7.25. The first-order valence-corrected chi connectivity index (χ1v) is 4.27. The highest BCUT2D eigenvalue weighted by molar-refractivity contribution is 5.82. The summed E-state index contributed by atoms with van der Waals surface area (Å²) in [4.78, 5) is 4.03. The predicted octanol–water partition coefficient (Wildman–Crippen LogP) is 2.00. The molecule has 0 radical (unpaired) electrons. The molecule has 0 aliphatic heterocycles. The van der Waals surface area contributed by atoms with Crippen LogP contribution in [0.25, 0.3) is 0 Å². The van der Waals surface area contributed by atoms with Gasteiger partial charge in [-0.25, -0.2) is 4.39 Å². The van der Waals surface area contributed by atoms with E-state index in [9.17, 15) is 9.50 Å². The highest BCUT2D eigenvalue weighted by atomic mass is 19.1. The molecule has 0 saturated carbocycles. The fourth-order valence-corrected chi connectivity index (χ4v) is 1.05. The van der Waals surface area contributed by atoms with Crippen LogP contribution in [0.3, 0.4) is 0 Å². The van der Waals surface area contributed by atoms with Crippen molar-refractivity contribution in [1.82, 2.24) is 10.2 Å². The Hall–Kier alpha value is -2.17. The van der Waals surface area contributed by atoms with Gasteiger partial charge in [0, 0.05) is 0 Å². The van der Waals surface area contributed by atoms with Crippen molar-refractivity contribution in [2.75, 3.05) is 0 Å². The fraction of sp³-hybridized carbons (Fsp3) is 0. The van der Waals surface area contributed by atoms with Crippen LogP contribution in [-0.4, -0.2) is 21.5 Å². The molecule has 0 spiro atoms. The van der Waals surface area contributed by atoms with Gasteiger partial charge in [0.15, 0.2) is 5.75 Å². The van der Waals surface area contributed by atoms with E-state index >= 15 is 0 Å². The maximum atomic E-state index is 12.6. The number of aliphatic imine (C=N–C) groups is 1. The number of aromatic nitrogens is 2. The quantitative estimate of drug-likeness (QED) is 0.736. The summed E-state index contributed by atoms with van der Waals surface area (Å²) >= 11 is 0. The van der Waals surface area contributed by atoms with Crippen LogP contribution in [0.4, 0.5) is 10.1 Å². The topological polar surface area (TPSA) is 61.3 Å². The van der Waals surface area contributed by atoms with Crippen LogP contribution in [-0.2, 0) is 0 Å². The normalized spacial score (nSPS) is 11.0. The van der Waals surface area contributed by atoms with Gasteiger partial charge in [-0.1, -0.05) is 0 Å². The lowest BCUT2D eigenvalue weighted by atomic mass is 10.3. The molecular weight excluding hydrogens is 197 g/mol. The van der Waals surface area contributed by atoms with Gasteiger partial charge in [-0.3, -0.25) is 10.1 Å². The van der Waals surface area contributed by atoms with Gasteiger partial charge in [0.05, 0.1) is 18.1 Å². The number of aromatic amines is 1. The minimum Gasteiger partial charge on any atom is -0.504 e. The van der Waals surface area contributed by atoms with E-state index in [0.29, 0.717) is 11.4 Å². The molecule has 2 aromatic rings. The van der Waals surface area contributed by atoms with Gasteiger partial charge in [-0.05, 0) is 24.3 Å². The van der Waals surface area contributed by atoms with Crippen molar-refractivity contribution in [1.29, 1.82) is 0 Å². The Kier molecular flexibility index (Phi) is 2.45. The first-order valence-electron chi connectivity index (χ1n) is 4.27. The number of rotatable bonds is 2. The number of nitrogens with one attached hydrogen (secondary N) is 1. The Morgan fingerprint density at radius 1 is 1.33 bits per heavy atom. The van der Waals surface area contributed by atoms with Gasteiger partial charge in [0.25, 0.3) is 0 Å². The van der Waals surface area contributed by atoms with Crippen LogP contribution in [0.5, 0.6) is 5.75 Å². The molecule has 0 saturated heterocycles. The lowest BCUT2D eigenvalue weighted by Crippen LogP contribution is -1.81. The molecule has 2 rings (SSSR count). The molecule has 1 heterocycles. The van der Waals surface area contributed by atoms with Gasteiger partial charge in [0.1, 0.15) is 11.5 Å². The summed E-state index contributed by atoms with van der Waals surface area (Å²) in [6, 6.07) is 5.72. The maximum Gasteiger partial charge on any atom is 0.162 e. The summed E-state index contributed by atoms with van der Waals surface area (Å²) in [6.07, 6.45) is 2.71. The second-order valence-electron chi connectivity index (χ2n) is 2.90. The zero-order chi connectivity index (χ0) is 10.7. The molecule has 15 heavy (non-hydrogen) atoms. The van der Waals surface area contributed by atoms with E-state index < -0.39 is 0 Å². The van der Waals surface area contributed by atoms with Gasteiger partial charge in [-0.15, -0.1) is 0 Å². The Morgan fingerprint density at radius 3 is 2.67 bits per heavy atom. The Balaban J connectivity index is 2.19. The van der Waals surface area contributed by atoms with Gasteiger partial charge >= 0.3 is 0 Å². The second kappa shape index (κ2) is 3.91. The van der Waals surface area contributed by atoms with E-state index in [1.165, 1.54) is 24.5 Å². The Labute approximate surface area is 85.1 Å². The highest BCUT2D eigenvalue weighted by Gasteiger charge is 1.98. The number of benzene rings is 1. The van der Waals surface area contributed by atoms with Crippen molar-refractivity contribution in [2.45, 2.75) is 0 Å². The molecule has 4 nitrogen and oxygen atoms in total. The Morgan fingerprint density at radius 2 is 2.07 bits per heavy atom. The maximum absolute atomic E-state index is 12.6. The minimum absolute atomic E-state index is 0.0286. The van der Waals surface area contributed by atoms with Crippen molar-refractivity contribution >= 4 is 11.9 Å². The van der Waals surface area contributed by atoms with E-state index in [1.807, 2.05) is 0 Å². The molecular formula is C10H8FN3O. The second-order valence-corrected chi connectivity index (χ2v) is 2.90. The average Bonchev–Trinajstić information content (AvgIpc) is 2.63. The summed E-state index contributed by atoms with van der Waals surface area (Å²) in [5.41, 5.74) is 1.02. The van der Waals surface area contributed by atoms with Crippen LogP contribution < -0.4 is 0 Å². The number of H-pyrrole nitrogens is 1. The third-order valence-corrected chi connectivity index (χ3v) is 1.82. The summed E-state index contributed by atoms with van der Waals surface area (Å²) in [7, 11) is 0. The minimum atomic E-state index is -0.307. The van der Waals surface area contributed by atoms with Gasteiger partial charge in [0.2, 0.25) is 0 Å². The molecule has 2 N–H and O–H groups in total.